The minimum atomic E-state index is -0.407. The minimum absolute atomic E-state index is 0.111. The zero-order valence-electron chi connectivity index (χ0n) is 14.5. The third-order valence-corrected chi connectivity index (χ3v) is 5.04. The van der Waals surface area contributed by atoms with Crippen molar-refractivity contribution in [1.29, 1.82) is 0 Å². The van der Waals surface area contributed by atoms with E-state index >= 15 is 0 Å². The summed E-state index contributed by atoms with van der Waals surface area (Å²) in [5, 5.41) is 3.58. The van der Waals surface area contributed by atoms with Gasteiger partial charge in [0.1, 0.15) is 11.9 Å². The van der Waals surface area contributed by atoms with Crippen LogP contribution in [0.3, 0.4) is 0 Å². The lowest BCUT2D eigenvalue weighted by molar-refractivity contribution is -0.130. The van der Waals surface area contributed by atoms with Crippen LogP contribution >= 0.6 is 11.6 Å². The van der Waals surface area contributed by atoms with E-state index in [1.807, 2.05) is 13.0 Å². The molecule has 2 aromatic rings. The number of rotatable bonds is 5. The monoisotopic (exact) mass is 360 g/mol. The van der Waals surface area contributed by atoms with Crippen molar-refractivity contribution in [2.24, 2.45) is 0 Å². The van der Waals surface area contributed by atoms with Crippen LogP contribution in [0.4, 0.5) is 10.1 Å². The predicted molar refractivity (Wildman–Crippen MR) is 99.4 cm³/mol. The van der Waals surface area contributed by atoms with Gasteiger partial charge in [0.25, 0.3) is 0 Å². The topological polar surface area (TPSA) is 32.3 Å². The molecule has 0 fully saturated rings. The number of hydrogen-bond acceptors (Lipinski definition) is 2. The van der Waals surface area contributed by atoms with Gasteiger partial charge in [-0.05, 0) is 61.6 Å². The summed E-state index contributed by atoms with van der Waals surface area (Å²) in [4.78, 5) is 14.1. The van der Waals surface area contributed by atoms with E-state index in [1.165, 1.54) is 28.5 Å². The Morgan fingerprint density at radius 1 is 1.28 bits per heavy atom. The minimum Gasteiger partial charge on any atom is -0.374 e. The van der Waals surface area contributed by atoms with Crippen LogP contribution in [0.1, 0.15) is 30.0 Å². The first kappa shape index (κ1) is 17.7. The Balaban J connectivity index is 1.65. The van der Waals surface area contributed by atoms with E-state index in [0.29, 0.717) is 10.6 Å². The molecule has 3 rings (SSSR count). The van der Waals surface area contributed by atoms with Gasteiger partial charge in [0.15, 0.2) is 0 Å². The molecule has 0 bridgehead atoms. The van der Waals surface area contributed by atoms with Crippen LogP contribution in [0, 0.1) is 5.82 Å². The van der Waals surface area contributed by atoms with Crippen molar-refractivity contribution in [1.82, 2.24) is 4.90 Å². The highest BCUT2D eigenvalue weighted by Gasteiger charge is 2.20. The van der Waals surface area contributed by atoms with Crippen LogP contribution in [-0.2, 0) is 24.2 Å². The number of nitrogens with one attached hydrogen (secondary N) is 1. The van der Waals surface area contributed by atoms with Gasteiger partial charge < -0.3 is 10.2 Å². The summed E-state index contributed by atoms with van der Waals surface area (Å²) in [5.74, 6) is -0.508. The summed E-state index contributed by atoms with van der Waals surface area (Å²) in [6, 6.07) is 10.4. The molecule has 2 aromatic carbocycles. The highest BCUT2D eigenvalue weighted by atomic mass is 35.5. The number of amides is 1. The van der Waals surface area contributed by atoms with Crippen LogP contribution in [0.5, 0.6) is 0 Å². The van der Waals surface area contributed by atoms with E-state index in [-0.39, 0.29) is 12.5 Å². The number of halogens is 2. The molecule has 1 unspecified atom stereocenters. The maximum absolute atomic E-state index is 13.9. The summed E-state index contributed by atoms with van der Waals surface area (Å²) < 4.78 is 13.9. The number of likely N-dealkylation sites (N-methyl/N-ethyl adjacent to an activating group) is 1. The van der Waals surface area contributed by atoms with Gasteiger partial charge in [-0.3, -0.25) is 4.79 Å². The predicted octanol–water partition coefficient (Wildman–Crippen LogP) is 4.43. The lowest BCUT2D eigenvalue weighted by Gasteiger charge is -2.23. The number of hydrogen-bond donors (Lipinski definition) is 1. The Morgan fingerprint density at radius 2 is 2.04 bits per heavy atom. The lowest BCUT2D eigenvalue weighted by atomic mass is 10.1. The van der Waals surface area contributed by atoms with Gasteiger partial charge in [0, 0.05) is 29.9 Å². The van der Waals surface area contributed by atoms with Crippen molar-refractivity contribution in [2.75, 3.05) is 12.4 Å². The Labute approximate surface area is 152 Å². The van der Waals surface area contributed by atoms with Crippen molar-refractivity contribution in [3.05, 3.63) is 63.9 Å². The Bertz CT molecular complexity index is 773. The molecule has 1 N–H and O–H groups in total. The number of carbonyl (C=O) groups excluding carboxylic acids is 1. The molecule has 25 heavy (non-hydrogen) atoms. The van der Waals surface area contributed by atoms with Gasteiger partial charge in [-0.2, -0.15) is 0 Å². The summed E-state index contributed by atoms with van der Waals surface area (Å²) >= 11 is 6.05. The molecule has 0 aromatic heterocycles. The second-order valence-electron chi connectivity index (χ2n) is 6.60. The van der Waals surface area contributed by atoms with Gasteiger partial charge in [-0.15, -0.1) is 0 Å². The molecule has 132 valence electrons. The largest absolute Gasteiger partial charge is 0.374 e. The molecule has 0 spiro atoms. The smallest absolute Gasteiger partial charge is 0.244 e. The number of aryl methyl sites for hydroxylation is 2. The molecule has 1 amide bonds. The number of fused-ring (bicyclic) bond motifs is 1. The first-order valence-electron chi connectivity index (χ1n) is 8.52. The first-order chi connectivity index (χ1) is 12.0. The molecule has 1 aliphatic rings. The third kappa shape index (κ3) is 3.96. The first-order valence-corrected chi connectivity index (χ1v) is 8.89. The van der Waals surface area contributed by atoms with E-state index < -0.39 is 11.9 Å². The molecule has 0 saturated heterocycles. The third-order valence-electron chi connectivity index (χ3n) is 4.69. The van der Waals surface area contributed by atoms with Crippen LogP contribution in [0.2, 0.25) is 5.02 Å². The fourth-order valence-electron chi connectivity index (χ4n) is 3.30. The molecular weight excluding hydrogens is 339 g/mol. The average molecular weight is 361 g/mol. The fraction of sp³-hybridized carbons (Fsp3) is 0.350. The Kier molecular flexibility index (Phi) is 5.28. The van der Waals surface area contributed by atoms with Crippen LogP contribution in [0.15, 0.2) is 36.4 Å². The molecule has 1 aliphatic carbocycles. The number of carbonyl (C=O) groups is 1. The van der Waals surface area contributed by atoms with Crippen molar-refractivity contribution in [3.8, 4) is 0 Å². The van der Waals surface area contributed by atoms with E-state index in [4.69, 9.17) is 11.6 Å². The van der Waals surface area contributed by atoms with Gasteiger partial charge in [0.2, 0.25) is 5.91 Å². The second-order valence-corrected chi connectivity index (χ2v) is 7.00. The van der Waals surface area contributed by atoms with Gasteiger partial charge in [0.05, 0.1) is 0 Å². The molecule has 1 atom stereocenters. The molecule has 0 radical (unpaired) electrons. The Hall–Kier alpha value is -2.07. The molecule has 3 nitrogen and oxygen atoms in total. The van der Waals surface area contributed by atoms with E-state index in [1.54, 1.807) is 19.2 Å². The molecule has 5 heteroatoms. The van der Waals surface area contributed by atoms with Crippen molar-refractivity contribution in [3.63, 3.8) is 0 Å². The van der Waals surface area contributed by atoms with Crippen LogP contribution in [0.25, 0.3) is 0 Å². The molecule has 0 heterocycles. The Morgan fingerprint density at radius 3 is 2.80 bits per heavy atom. The van der Waals surface area contributed by atoms with E-state index in [2.05, 4.69) is 17.4 Å². The van der Waals surface area contributed by atoms with Gasteiger partial charge >= 0.3 is 0 Å². The van der Waals surface area contributed by atoms with Crippen molar-refractivity contribution >= 4 is 23.2 Å². The van der Waals surface area contributed by atoms with Crippen LogP contribution in [-0.4, -0.2) is 23.9 Å². The number of benzene rings is 2. The van der Waals surface area contributed by atoms with Crippen molar-refractivity contribution < 1.29 is 9.18 Å². The summed E-state index contributed by atoms with van der Waals surface area (Å²) in [6.45, 7) is 1.95. The average Bonchev–Trinajstić information content (AvgIpc) is 3.05. The quantitative estimate of drug-likeness (QED) is 0.855. The normalized spacial score (nSPS) is 14.1. The van der Waals surface area contributed by atoms with E-state index in [9.17, 15) is 9.18 Å². The maximum atomic E-state index is 13.9. The molecular formula is C20H22ClFN2O. The maximum Gasteiger partial charge on any atom is 0.244 e. The van der Waals surface area contributed by atoms with Crippen LogP contribution < -0.4 is 5.32 Å². The fourth-order valence-corrected chi connectivity index (χ4v) is 3.53. The SMILES string of the molecule is CC(Nc1ccc2c(c1)CCC2)C(=O)N(C)Cc1c(F)cccc1Cl. The van der Waals surface area contributed by atoms with Gasteiger partial charge in [-0.25, -0.2) is 4.39 Å². The summed E-state index contributed by atoms with van der Waals surface area (Å²) in [7, 11) is 1.66. The standard InChI is InChI=1S/C20H22ClFN2O/c1-13(23-16-10-9-14-5-3-6-15(14)11-16)20(25)24(2)12-17-18(21)7-4-8-19(17)22/h4,7-11,13,23H,3,5-6,12H2,1-2H3. The van der Waals surface area contributed by atoms with E-state index in [0.717, 1.165) is 18.5 Å². The molecule has 0 aliphatic heterocycles. The number of anilines is 1. The second kappa shape index (κ2) is 7.44. The summed E-state index contributed by atoms with van der Waals surface area (Å²) in [5.41, 5.74) is 4.04. The highest BCUT2D eigenvalue weighted by Crippen LogP contribution is 2.25. The summed E-state index contributed by atoms with van der Waals surface area (Å²) in [6.07, 6.45) is 3.43. The van der Waals surface area contributed by atoms with Crippen molar-refractivity contribution in [2.45, 2.75) is 38.8 Å². The zero-order chi connectivity index (χ0) is 18.0. The number of nitrogens with zero attached hydrogens (tertiary/aromatic N) is 1. The zero-order valence-corrected chi connectivity index (χ0v) is 15.2. The molecule has 0 saturated carbocycles. The highest BCUT2D eigenvalue weighted by molar-refractivity contribution is 6.31. The van der Waals surface area contributed by atoms with Gasteiger partial charge in [-0.1, -0.05) is 23.7 Å². The lowest BCUT2D eigenvalue weighted by Crippen LogP contribution is -2.38.